The Kier molecular flexibility index (Phi) is 3.57. The van der Waals surface area contributed by atoms with Gasteiger partial charge < -0.3 is 10.4 Å². The van der Waals surface area contributed by atoms with Gasteiger partial charge >= 0.3 is 0 Å². The molecule has 2 bridgehead atoms. The number of aliphatic hydroxyl groups excluding tert-OH is 1. The van der Waals surface area contributed by atoms with Gasteiger partial charge in [0.2, 0.25) is 0 Å². The van der Waals surface area contributed by atoms with Crippen molar-refractivity contribution < 1.29 is 5.11 Å². The van der Waals surface area contributed by atoms with E-state index in [0.717, 1.165) is 25.3 Å². The lowest BCUT2D eigenvalue weighted by Gasteiger charge is -2.43. The third kappa shape index (κ3) is 2.26. The van der Waals surface area contributed by atoms with Crippen LogP contribution in [0.1, 0.15) is 59.8 Å². The number of aliphatic hydroxyl groups is 1. The third-order valence-corrected chi connectivity index (χ3v) is 5.45. The standard InChI is InChI=1S/C15H29NO/c1-5-6-12(17)10-16-13-14(2,3)11-7-8-15(13,4)9-11/h11-13,16-17H,5-10H2,1-4H3. The Morgan fingerprint density at radius 1 is 1.35 bits per heavy atom. The molecule has 0 aliphatic heterocycles. The van der Waals surface area contributed by atoms with Crippen LogP contribution in [-0.4, -0.2) is 23.8 Å². The van der Waals surface area contributed by atoms with Crippen LogP contribution in [0.25, 0.3) is 0 Å². The van der Waals surface area contributed by atoms with Crippen molar-refractivity contribution in [2.24, 2.45) is 16.7 Å². The van der Waals surface area contributed by atoms with Gasteiger partial charge in [-0.2, -0.15) is 0 Å². The van der Waals surface area contributed by atoms with Gasteiger partial charge in [-0.15, -0.1) is 0 Å². The summed E-state index contributed by atoms with van der Waals surface area (Å²) in [6, 6.07) is 0.584. The normalized spacial score (nSPS) is 40.8. The molecule has 0 heterocycles. The highest BCUT2D eigenvalue weighted by Gasteiger charge is 2.58. The molecular weight excluding hydrogens is 210 g/mol. The summed E-state index contributed by atoms with van der Waals surface area (Å²) < 4.78 is 0. The molecule has 0 amide bonds. The smallest absolute Gasteiger partial charge is 0.0664 e. The maximum absolute atomic E-state index is 9.87. The quantitative estimate of drug-likeness (QED) is 0.773. The number of rotatable bonds is 5. The van der Waals surface area contributed by atoms with Crippen LogP contribution in [-0.2, 0) is 0 Å². The molecule has 4 atom stereocenters. The van der Waals surface area contributed by atoms with Gasteiger partial charge in [0, 0.05) is 12.6 Å². The van der Waals surface area contributed by atoms with Crippen LogP contribution >= 0.6 is 0 Å². The summed E-state index contributed by atoms with van der Waals surface area (Å²) in [5.41, 5.74) is 0.874. The first-order valence-corrected chi connectivity index (χ1v) is 7.31. The molecule has 2 N–H and O–H groups in total. The fourth-order valence-corrected chi connectivity index (χ4v) is 4.50. The first-order valence-electron chi connectivity index (χ1n) is 7.31. The van der Waals surface area contributed by atoms with Crippen molar-refractivity contribution in [1.82, 2.24) is 5.32 Å². The monoisotopic (exact) mass is 239 g/mol. The molecule has 4 unspecified atom stereocenters. The zero-order chi connectivity index (χ0) is 12.7. The van der Waals surface area contributed by atoms with Gasteiger partial charge in [0.05, 0.1) is 6.10 Å². The van der Waals surface area contributed by atoms with Gasteiger partial charge in [-0.3, -0.25) is 0 Å². The van der Waals surface area contributed by atoms with E-state index in [1.807, 2.05) is 0 Å². The molecule has 2 saturated carbocycles. The molecule has 2 aliphatic carbocycles. The minimum Gasteiger partial charge on any atom is -0.392 e. The first kappa shape index (κ1) is 13.4. The van der Waals surface area contributed by atoms with Gasteiger partial charge in [0.15, 0.2) is 0 Å². The summed E-state index contributed by atoms with van der Waals surface area (Å²) in [5, 5.41) is 13.5. The molecular formula is C15H29NO. The van der Waals surface area contributed by atoms with Crippen molar-refractivity contribution in [2.45, 2.75) is 71.9 Å². The van der Waals surface area contributed by atoms with Crippen LogP contribution in [0.4, 0.5) is 0 Å². The van der Waals surface area contributed by atoms with Gasteiger partial charge in [0.1, 0.15) is 0 Å². The lowest BCUT2D eigenvalue weighted by atomic mass is 9.68. The molecule has 2 nitrogen and oxygen atoms in total. The second-order valence-electron chi connectivity index (χ2n) is 7.20. The van der Waals surface area contributed by atoms with Gasteiger partial charge in [-0.05, 0) is 42.4 Å². The lowest BCUT2D eigenvalue weighted by Crippen LogP contribution is -2.52. The summed E-state index contributed by atoms with van der Waals surface area (Å²) in [6.07, 6.45) is 5.96. The Morgan fingerprint density at radius 2 is 2.06 bits per heavy atom. The second-order valence-corrected chi connectivity index (χ2v) is 7.20. The SMILES string of the molecule is CCCC(O)CNC1C2(C)CCC(C2)C1(C)C. The van der Waals surface area contributed by atoms with Gasteiger partial charge in [-0.1, -0.05) is 34.1 Å². The number of hydrogen-bond acceptors (Lipinski definition) is 2. The lowest BCUT2D eigenvalue weighted by molar-refractivity contribution is 0.0855. The molecule has 0 saturated heterocycles. The minimum absolute atomic E-state index is 0.168. The van der Waals surface area contributed by atoms with Gasteiger partial charge in [0.25, 0.3) is 0 Å². The van der Waals surface area contributed by atoms with Crippen LogP contribution in [0.5, 0.6) is 0 Å². The fraction of sp³-hybridized carbons (Fsp3) is 1.00. The van der Waals surface area contributed by atoms with Crippen LogP contribution in [0.3, 0.4) is 0 Å². The first-order chi connectivity index (χ1) is 7.90. The van der Waals surface area contributed by atoms with Crippen molar-refractivity contribution >= 4 is 0 Å². The highest BCUT2D eigenvalue weighted by molar-refractivity contribution is 5.12. The molecule has 100 valence electrons. The Hall–Kier alpha value is -0.0800. The Morgan fingerprint density at radius 3 is 2.59 bits per heavy atom. The molecule has 0 radical (unpaired) electrons. The molecule has 2 aliphatic rings. The van der Waals surface area contributed by atoms with E-state index < -0.39 is 0 Å². The van der Waals surface area contributed by atoms with E-state index in [-0.39, 0.29) is 6.10 Å². The summed E-state index contributed by atoms with van der Waals surface area (Å²) in [6.45, 7) is 10.2. The second kappa shape index (κ2) is 4.55. The highest BCUT2D eigenvalue weighted by Crippen LogP contribution is 2.62. The van der Waals surface area contributed by atoms with Crippen molar-refractivity contribution in [3.8, 4) is 0 Å². The molecule has 2 rings (SSSR count). The number of fused-ring (bicyclic) bond motifs is 2. The zero-order valence-corrected chi connectivity index (χ0v) is 11.9. The molecule has 2 heteroatoms. The highest BCUT2D eigenvalue weighted by atomic mass is 16.3. The van der Waals surface area contributed by atoms with Crippen LogP contribution in [0.15, 0.2) is 0 Å². The molecule has 2 fully saturated rings. The van der Waals surface area contributed by atoms with E-state index >= 15 is 0 Å². The Labute approximate surface area is 106 Å². The van der Waals surface area contributed by atoms with Crippen molar-refractivity contribution in [3.05, 3.63) is 0 Å². The predicted octanol–water partition coefficient (Wildman–Crippen LogP) is 2.95. The average molecular weight is 239 g/mol. The predicted molar refractivity (Wildman–Crippen MR) is 71.9 cm³/mol. The fourth-order valence-electron chi connectivity index (χ4n) is 4.50. The van der Waals surface area contributed by atoms with Crippen LogP contribution in [0.2, 0.25) is 0 Å². The maximum atomic E-state index is 9.87. The van der Waals surface area contributed by atoms with E-state index in [1.54, 1.807) is 0 Å². The van der Waals surface area contributed by atoms with E-state index in [4.69, 9.17) is 0 Å². The Bertz CT molecular complexity index is 271. The summed E-state index contributed by atoms with van der Waals surface area (Å²) in [5.74, 6) is 0.883. The van der Waals surface area contributed by atoms with Crippen LogP contribution in [0, 0.1) is 16.7 Å². The van der Waals surface area contributed by atoms with Gasteiger partial charge in [-0.25, -0.2) is 0 Å². The van der Waals surface area contributed by atoms with E-state index in [1.165, 1.54) is 19.3 Å². The van der Waals surface area contributed by atoms with E-state index in [0.29, 0.717) is 16.9 Å². The largest absolute Gasteiger partial charge is 0.392 e. The molecule has 17 heavy (non-hydrogen) atoms. The molecule has 0 aromatic rings. The number of hydrogen-bond donors (Lipinski definition) is 2. The summed E-state index contributed by atoms with van der Waals surface area (Å²) in [4.78, 5) is 0. The summed E-state index contributed by atoms with van der Waals surface area (Å²) >= 11 is 0. The van der Waals surface area contributed by atoms with Crippen molar-refractivity contribution in [3.63, 3.8) is 0 Å². The number of nitrogens with one attached hydrogen (secondary N) is 1. The molecule has 0 aromatic heterocycles. The van der Waals surface area contributed by atoms with E-state index in [9.17, 15) is 5.11 Å². The maximum Gasteiger partial charge on any atom is 0.0664 e. The molecule has 0 spiro atoms. The summed E-state index contributed by atoms with van der Waals surface area (Å²) in [7, 11) is 0. The average Bonchev–Trinajstić information content (AvgIpc) is 2.69. The van der Waals surface area contributed by atoms with Crippen molar-refractivity contribution in [1.29, 1.82) is 0 Å². The zero-order valence-electron chi connectivity index (χ0n) is 11.9. The van der Waals surface area contributed by atoms with Crippen molar-refractivity contribution in [2.75, 3.05) is 6.54 Å². The van der Waals surface area contributed by atoms with Crippen LogP contribution < -0.4 is 5.32 Å². The minimum atomic E-state index is -0.168. The van der Waals surface area contributed by atoms with E-state index in [2.05, 4.69) is 33.0 Å². The topological polar surface area (TPSA) is 32.3 Å². The third-order valence-electron chi connectivity index (χ3n) is 5.45. The molecule has 0 aromatic carbocycles. The Balaban J connectivity index is 1.96.